The van der Waals surface area contributed by atoms with E-state index in [4.69, 9.17) is 9.47 Å². The van der Waals surface area contributed by atoms with Gasteiger partial charge in [-0.2, -0.15) is 0 Å². The third-order valence-electron chi connectivity index (χ3n) is 3.62. The van der Waals surface area contributed by atoms with Crippen LogP contribution in [0, 0.1) is 0 Å². The number of nitrogens with one attached hydrogen (secondary N) is 1. The zero-order valence-corrected chi connectivity index (χ0v) is 13.4. The van der Waals surface area contributed by atoms with Gasteiger partial charge in [0.25, 0.3) is 0 Å². The average molecular weight is 315 g/mol. The van der Waals surface area contributed by atoms with E-state index in [1.807, 2.05) is 36.4 Å². The molecule has 2 atom stereocenters. The van der Waals surface area contributed by atoms with Gasteiger partial charge in [-0.15, -0.1) is 0 Å². The van der Waals surface area contributed by atoms with Crippen LogP contribution in [0.5, 0.6) is 11.5 Å². The smallest absolute Gasteiger partial charge is 0.160 e. The van der Waals surface area contributed by atoms with Crippen LogP contribution in [0.2, 0.25) is 0 Å². The average Bonchev–Trinajstić information content (AvgIpc) is 2.59. The Bertz CT molecular complexity index is 637. The van der Waals surface area contributed by atoms with E-state index in [1.54, 1.807) is 26.4 Å². The summed E-state index contributed by atoms with van der Waals surface area (Å²) in [7, 11) is 3.19. The van der Waals surface area contributed by atoms with Gasteiger partial charge in [-0.25, -0.2) is 0 Å². The van der Waals surface area contributed by atoms with Crippen molar-refractivity contribution in [1.82, 2.24) is 0 Å². The maximum absolute atomic E-state index is 11.6. The molecule has 0 spiro atoms. The molecule has 0 amide bonds. The Morgan fingerprint density at radius 1 is 0.957 bits per heavy atom. The molecule has 0 unspecified atom stereocenters. The Morgan fingerprint density at radius 2 is 1.43 bits per heavy atom. The Labute approximate surface area is 135 Å². The lowest BCUT2D eigenvalue weighted by molar-refractivity contribution is -0.125. The molecule has 2 rings (SSSR count). The van der Waals surface area contributed by atoms with E-state index in [9.17, 15) is 9.90 Å². The van der Waals surface area contributed by atoms with Crippen molar-refractivity contribution in [2.24, 2.45) is 0 Å². The number of hydrogen-bond donors (Lipinski definition) is 2. The van der Waals surface area contributed by atoms with Crippen molar-refractivity contribution in [2.75, 3.05) is 19.5 Å². The number of anilines is 1. The number of carbonyl (C=O) groups excluding carboxylic acids is 1. The Morgan fingerprint density at radius 3 is 1.87 bits per heavy atom. The third kappa shape index (κ3) is 4.23. The van der Waals surface area contributed by atoms with Crippen molar-refractivity contribution in [2.45, 2.75) is 19.1 Å². The summed E-state index contributed by atoms with van der Waals surface area (Å²) in [6.07, 6.45) is -1.15. The lowest BCUT2D eigenvalue weighted by atomic mass is 9.98. The summed E-state index contributed by atoms with van der Waals surface area (Å²) in [4.78, 5) is 11.6. The first-order valence-corrected chi connectivity index (χ1v) is 7.28. The quantitative estimate of drug-likeness (QED) is 0.822. The number of hydrogen-bond acceptors (Lipinski definition) is 5. The minimum Gasteiger partial charge on any atom is -0.497 e. The lowest BCUT2D eigenvalue weighted by Gasteiger charge is -2.24. The van der Waals surface area contributed by atoms with Crippen LogP contribution < -0.4 is 14.8 Å². The minimum atomic E-state index is -1.15. The first-order chi connectivity index (χ1) is 11.0. The second-order valence-corrected chi connectivity index (χ2v) is 5.18. The Balaban J connectivity index is 2.27. The van der Waals surface area contributed by atoms with Gasteiger partial charge in [0.05, 0.1) is 20.3 Å². The zero-order chi connectivity index (χ0) is 16.8. The molecule has 2 N–H and O–H groups in total. The maximum atomic E-state index is 11.6. The van der Waals surface area contributed by atoms with E-state index in [2.05, 4.69) is 5.32 Å². The fourth-order valence-electron chi connectivity index (χ4n) is 2.26. The van der Waals surface area contributed by atoms with E-state index in [0.29, 0.717) is 5.75 Å². The topological polar surface area (TPSA) is 67.8 Å². The molecule has 0 aliphatic carbocycles. The number of aliphatic hydroxyl groups is 1. The van der Waals surface area contributed by atoms with Crippen molar-refractivity contribution in [3.05, 3.63) is 54.1 Å². The van der Waals surface area contributed by atoms with Crippen LogP contribution in [0.25, 0.3) is 0 Å². The summed E-state index contributed by atoms with van der Waals surface area (Å²) in [5, 5.41) is 13.5. The molecule has 0 aliphatic heterocycles. The first-order valence-electron chi connectivity index (χ1n) is 7.28. The molecule has 122 valence electrons. The van der Waals surface area contributed by atoms with Gasteiger partial charge in [0.15, 0.2) is 5.78 Å². The SMILES string of the molecule is COc1ccc(N[C@H](c2ccc(OC)cc2)[C@@H](O)C(C)=O)cc1. The number of aliphatic hydroxyl groups excluding tert-OH is 1. The predicted octanol–water partition coefficient (Wildman–Crippen LogP) is 2.81. The molecule has 5 heteroatoms. The van der Waals surface area contributed by atoms with Gasteiger partial charge in [0.2, 0.25) is 0 Å². The van der Waals surface area contributed by atoms with Crippen molar-refractivity contribution in [3.63, 3.8) is 0 Å². The molecule has 0 heterocycles. The van der Waals surface area contributed by atoms with Crippen LogP contribution in [0.1, 0.15) is 18.5 Å². The normalized spacial score (nSPS) is 13.0. The highest BCUT2D eigenvalue weighted by Crippen LogP contribution is 2.26. The molecular formula is C18H21NO4. The van der Waals surface area contributed by atoms with Crippen LogP contribution in [-0.4, -0.2) is 31.2 Å². The number of carbonyl (C=O) groups is 1. The van der Waals surface area contributed by atoms with Gasteiger partial charge >= 0.3 is 0 Å². The molecule has 0 radical (unpaired) electrons. The molecule has 0 aliphatic rings. The number of ketones is 1. The van der Waals surface area contributed by atoms with E-state index < -0.39 is 12.1 Å². The monoisotopic (exact) mass is 315 g/mol. The van der Waals surface area contributed by atoms with Crippen molar-refractivity contribution in [3.8, 4) is 11.5 Å². The number of ether oxygens (including phenoxy) is 2. The standard InChI is InChI=1S/C18H21NO4/c1-12(20)18(21)17(13-4-8-15(22-2)9-5-13)19-14-6-10-16(23-3)11-7-14/h4-11,17-19,21H,1-3H3/t17-,18+/m1/s1. The van der Waals surface area contributed by atoms with Crippen LogP contribution in [0.15, 0.2) is 48.5 Å². The zero-order valence-electron chi connectivity index (χ0n) is 13.4. The second kappa shape index (κ2) is 7.65. The Kier molecular flexibility index (Phi) is 5.60. The van der Waals surface area contributed by atoms with Gasteiger partial charge in [-0.05, 0) is 48.9 Å². The summed E-state index contributed by atoms with van der Waals surface area (Å²) >= 11 is 0. The summed E-state index contributed by atoms with van der Waals surface area (Å²) in [6, 6.07) is 14.0. The second-order valence-electron chi connectivity index (χ2n) is 5.18. The minimum absolute atomic E-state index is 0.299. The molecule has 2 aromatic rings. The van der Waals surface area contributed by atoms with E-state index in [0.717, 1.165) is 17.0 Å². The largest absolute Gasteiger partial charge is 0.497 e. The summed E-state index contributed by atoms with van der Waals surface area (Å²) in [5.74, 6) is 1.16. The summed E-state index contributed by atoms with van der Waals surface area (Å²) in [5.41, 5.74) is 1.58. The molecule has 23 heavy (non-hydrogen) atoms. The van der Waals surface area contributed by atoms with E-state index in [1.165, 1.54) is 6.92 Å². The van der Waals surface area contributed by atoms with Crippen LogP contribution in [-0.2, 0) is 4.79 Å². The highest BCUT2D eigenvalue weighted by Gasteiger charge is 2.25. The Hall–Kier alpha value is -2.53. The van der Waals surface area contributed by atoms with Crippen LogP contribution in [0.3, 0.4) is 0 Å². The number of benzene rings is 2. The fraction of sp³-hybridized carbons (Fsp3) is 0.278. The fourth-order valence-corrected chi connectivity index (χ4v) is 2.26. The van der Waals surface area contributed by atoms with Crippen LogP contribution in [0.4, 0.5) is 5.69 Å². The highest BCUT2D eigenvalue weighted by molar-refractivity contribution is 5.81. The number of Topliss-reactive ketones (excluding diaryl/α,β-unsaturated/α-hetero) is 1. The predicted molar refractivity (Wildman–Crippen MR) is 89.0 cm³/mol. The van der Waals surface area contributed by atoms with Crippen molar-refractivity contribution in [1.29, 1.82) is 0 Å². The first kappa shape index (κ1) is 16.8. The highest BCUT2D eigenvalue weighted by atomic mass is 16.5. The van der Waals surface area contributed by atoms with Gasteiger partial charge < -0.3 is 19.9 Å². The molecule has 5 nitrogen and oxygen atoms in total. The number of methoxy groups -OCH3 is 2. The maximum Gasteiger partial charge on any atom is 0.160 e. The number of rotatable bonds is 7. The molecule has 0 aromatic heterocycles. The van der Waals surface area contributed by atoms with Crippen LogP contribution >= 0.6 is 0 Å². The molecule has 0 saturated heterocycles. The van der Waals surface area contributed by atoms with Gasteiger partial charge in [-0.1, -0.05) is 12.1 Å². The van der Waals surface area contributed by atoms with Gasteiger partial charge in [-0.3, -0.25) is 4.79 Å². The van der Waals surface area contributed by atoms with Gasteiger partial charge in [0, 0.05) is 5.69 Å². The summed E-state index contributed by atoms with van der Waals surface area (Å²) < 4.78 is 10.3. The third-order valence-corrected chi connectivity index (χ3v) is 3.62. The van der Waals surface area contributed by atoms with Crippen molar-refractivity contribution < 1.29 is 19.4 Å². The molecule has 0 saturated carbocycles. The molecule has 0 bridgehead atoms. The summed E-state index contributed by atoms with van der Waals surface area (Å²) in [6.45, 7) is 1.37. The lowest BCUT2D eigenvalue weighted by Crippen LogP contribution is -2.31. The van der Waals surface area contributed by atoms with E-state index in [-0.39, 0.29) is 5.78 Å². The molecular weight excluding hydrogens is 294 g/mol. The molecule has 0 fully saturated rings. The van der Waals surface area contributed by atoms with Crippen molar-refractivity contribution >= 4 is 11.5 Å². The van der Waals surface area contributed by atoms with E-state index >= 15 is 0 Å². The molecule has 2 aromatic carbocycles. The van der Waals surface area contributed by atoms with Gasteiger partial charge in [0.1, 0.15) is 17.6 Å².